The van der Waals surface area contributed by atoms with E-state index in [1.165, 1.54) is 6.92 Å². The Labute approximate surface area is 155 Å². The molecule has 1 aromatic heterocycles. The van der Waals surface area contributed by atoms with Gasteiger partial charge in [0.1, 0.15) is 5.54 Å². The Morgan fingerprint density at radius 3 is 2.48 bits per heavy atom. The van der Waals surface area contributed by atoms with Gasteiger partial charge in [0, 0.05) is 17.4 Å². The van der Waals surface area contributed by atoms with E-state index in [-0.39, 0.29) is 6.42 Å². The Bertz CT molecular complexity index is 951. The van der Waals surface area contributed by atoms with E-state index in [0.29, 0.717) is 21.3 Å². The molecule has 0 aliphatic heterocycles. The maximum Gasteiger partial charge on any atom is 0.323 e. The standard InChI is InChI=1S/C19H16Cl2N2O2/c1-19(22,18(24)25)10-11-5-7-15-12(9-11)6-8-16(23-15)17-13(20)3-2-4-14(17)21/h2-9H,10,22H2,1H3,(H,24,25)/t19-/m0/s1. The lowest BCUT2D eigenvalue weighted by molar-refractivity contribution is -0.142. The van der Waals surface area contributed by atoms with Gasteiger partial charge in [-0.05, 0) is 42.8 Å². The summed E-state index contributed by atoms with van der Waals surface area (Å²) in [6.07, 6.45) is 0.233. The number of aromatic nitrogens is 1. The number of fused-ring (bicyclic) bond motifs is 1. The molecule has 6 heteroatoms. The normalized spacial score (nSPS) is 13.6. The molecule has 0 saturated carbocycles. The molecule has 0 aliphatic rings. The molecule has 4 nitrogen and oxygen atoms in total. The minimum atomic E-state index is -1.31. The van der Waals surface area contributed by atoms with E-state index in [0.717, 1.165) is 16.5 Å². The molecule has 1 atom stereocenters. The summed E-state index contributed by atoms with van der Waals surface area (Å²) in [4.78, 5) is 15.8. The Kier molecular flexibility index (Phi) is 4.69. The topological polar surface area (TPSA) is 76.2 Å². The molecule has 0 aliphatic carbocycles. The third kappa shape index (κ3) is 3.61. The molecule has 0 amide bonds. The number of rotatable bonds is 4. The summed E-state index contributed by atoms with van der Waals surface area (Å²) in [5, 5.41) is 11.1. The highest BCUT2D eigenvalue weighted by atomic mass is 35.5. The highest BCUT2D eigenvalue weighted by Gasteiger charge is 2.28. The fourth-order valence-corrected chi connectivity index (χ4v) is 3.26. The largest absolute Gasteiger partial charge is 0.480 e. The molecule has 0 saturated heterocycles. The number of nitrogens with zero attached hydrogens (tertiary/aromatic N) is 1. The first-order valence-electron chi connectivity index (χ1n) is 7.64. The summed E-state index contributed by atoms with van der Waals surface area (Å²) in [7, 11) is 0. The molecule has 3 rings (SSSR count). The van der Waals surface area contributed by atoms with E-state index in [2.05, 4.69) is 4.98 Å². The lowest BCUT2D eigenvalue weighted by Gasteiger charge is -2.19. The highest BCUT2D eigenvalue weighted by molar-refractivity contribution is 6.39. The molecule has 3 N–H and O–H groups in total. The van der Waals surface area contributed by atoms with Gasteiger partial charge >= 0.3 is 5.97 Å². The smallest absolute Gasteiger partial charge is 0.323 e. The minimum Gasteiger partial charge on any atom is -0.480 e. The molecule has 0 unspecified atom stereocenters. The van der Waals surface area contributed by atoms with Gasteiger partial charge < -0.3 is 10.8 Å². The first-order chi connectivity index (χ1) is 11.8. The minimum absolute atomic E-state index is 0.233. The predicted molar refractivity (Wildman–Crippen MR) is 101 cm³/mol. The molecule has 0 fully saturated rings. The lowest BCUT2D eigenvalue weighted by atomic mass is 9.93. The first kappa shape index (κ1) is 17.7. The van der Waals surface area contributed by atoms with Crippen molar-refractivity contribution in [2.24, 2.45) is 5.73 Å². The number of halogens is 2. The van der Waals surface area contributed by atoms with Gasteiger partial charge in [0.15, 0.2) is 0 Å². The zero-order chi connectivity index (χ0) is 18.2. The van der Waals surface area contributed by atoms with Gasteiger partial charge in [0.25, 0.3) is 0 Å². The Hall–Kier alpha value is -2.14. The number of hydrogen-bond donors (Lipinski definition) is 2. The molecule has 25 heavy (non-hydrogen) atoms. The van der Waals surface area contributed by atoms with Crippen LogP contribution in [0.25, 0.3) is 22.2 Å². The zero-order valence-corrected chi connectivity index (χ0v) is 15.0. The second-order valence-corrected chi connectivity index (χ2v) is 7.03. The van der Waals surface area contributed by atoms with Crippen molar-refractivity contribution < 1.29 is 9.90 Å². The van der Waals surface area contributed by atoms with Crippen LogP contribution in [-0.2, 0) is 11.2 Å². The van der Waals surface area contributed by atoms with Crippen molar-refractivity contribution in [3.63, 3.8) is 0 Å². The van der Waals surface area contributed by atoms with Crippen LogP contribution in [0.5, 0.6) is 0 Å². The van der Waals surface area contributed by atoms with Crippen molar-refractivity contribution in [3.05, 3.63) is 64.1 Å². The number of hydrogen-bond acceptors (Lipinski definition) is 3. The van der Waals surface area contributed by atoms with Crippen LogP contribution < -0.4 is 5.73 Å². The summed E-state index contributed by atoms with van der Waals surface area (Å²) in [5.74, 6) is -1.03. The average molecular weight is 375 g/mol. The molecule has 0 spiro atoms. The van der Waals surface area contributed by atoms with Crippen LogP contribution in [-0.4, -0.2) is 21.6 Å². The summed E-state index contributed by atoms with van der Waals surface area (Å²) in [6.45, 7) is 1.50. The summed E-state index contributed by atoms with van der Waals surface area (Å²) < 4.78 is 0. The zero-order valence-electron chi connectivity index (χ0n) is 13.5. The van der Waals surface area contributed by atoms with E-state index in [4.69, 9.17) is 34.0 Å². The SMILES string of the molecule is C[C@](N)(Cc1ccc2nc(-c3c(Cl)cccc3Cl)ccc2c1)C(=O)O. The van der Waals surface area contributed by atoms with E-state index >= 15 is 0 Å². The molecular formula is C19H16Cl2N2O2. The van der Waals surface area contributed by atoms with Gasteiger partial charge in [0.2, 0.25) is 0 Å². The van der Waals surface area contributed by atoms with Crippen molar-refractivity contribution >= 4 is 40.1 Å². The number of benzene rings is 2. The maximum atomic E-state index is 11.2. The molecule has 1 heterocycles. The summed E-state index contributed by atoms with van der Waals surface area (Å²) in [6, 6.07) is 14.7. The van der Waals surface area contributed by atoms with Gasteiger partial charge in [-0.15, -0.1) is 0 Å². The second kappa shape index (κ2) is 6.64. The third-order valence-electron chi connectivity index (χ3n) is 4.03. The molecule has 128 valence electrons. The third-order valence-corrected chi connectivity index (χ3v) is 4.66. The number of nitrogens with two attached hydrogens (primary N) is 1. The van der Waals surface area contributed by atoms with Crippen molar-refractivity contribution in [2.75, 3.05) is 0 Å². The van der Waals surface area contributed by atoms with Crippen LogP contribution >= 0.6 is 23.2 Å². The van der Waals surface area contributed by atoms with Gasteiger partial charge in [-0.1, -0.05) is 41.4 Å². The van der Waals surface area contributed by atoms with E-state index < -0.39 is 11.5 Å². The van der Waals surface area contributed by atoms with Crippen molar-refractivity contribution in [2.45, 2.75) is 18.9 Å². The number of aliphatic carboxylic acids is 1. The van der Waals surface area contributed by atoms with E-state index in [1.54, 1.807) is 18.2 Å². The molecular weight excluding hydrogens is 359 g/mol. The quantitative estimate of drug-likeness (QED) is 0.701. The maximum absolute atomic E-state index is 11.2. The van der Waals surface area contributed by atoms with Gasteiger partial charge in [-0.25, -0.2) is 4.98 Å². The van der Waals surface area contributed by atoms with Gasteiger partial charge in [-0.3, -0.25) is 4.79 Å². The second-order valence-electron chi connectivity index (χ2n) is 6.22. The highest BCUT2D eigenvalue weighted by Crippen LogP contribution is 2.34. The Morgan fingerprint density at radius 1 is 1.16 bits per heavy atom. The number of pyridine rings is 1. The lowest BCUT2D eigenvalue weighted by Crippen LogP contribution is -2.46. The van der Waals surface area contributed by atoms with E-state index in [9.17, 15) is 4.79 Å². The fraction of sp³-hybridized carbons (Fsp3) is 0.158. The number of carboxylic acids is 1. The van der Waals surface area contributed by atoms with Crippen LogP contribution in [0, 0.1) is 0 Å². The average Bonchev–Trinajstić information content (AvgIpc) is 2.54. The fourth-order valence-electron chi connectivity index (χ4n) is 2.67. The summed E-state index contributed by atoms with van der Waals surface area (Å²) >= 11 is 12.5. The molecule has 0 radical (unpaired) electrons. The van der Waals surface area contributed by atoms with Gasteiger partial charge in [-0.2, -0.15) is 0 Å². The van der Waals surface area contributed by atoms with Crippen LogP contribution in [0.2, 0.25) is 10.0 Å². The predicted octanol–water partition coefficient (Wildman–Crippen LogP) is 4.55. The van der Waals surface area contributed by atoms with Crippen molar-refractivity contribution in [3.8, 4) is 11.3 Å². The summed E-state index contributed by atoms with van der Waals surface area (Å²) in [5.41, 5.74) is 7.50. The van der Waals surface area contributed by atoms with Gasteiger partial charge in [0.05, 0.1) is 21.3 Å². The van der Waals surface area contributed by atoms with Crippen molar-refractivity contribution in [1.29, 1.82) is 0 Å². The first-order valence-corrected chi connectivity index (χ1v) is 8.40. The number of carbonyl (C=O) groups is 1. The Morgan fingerprint density at radius 2 is 1.84 bits per heavy atom. The van der Waals surface area contributed by atoms with E-state index in [1.807, 2.05) is 30.3 Å². The van der Waals surface area contributed by atoms with Crippen molar-refractivity contribution in [1.82, 2.24) is 4.98 Å². The van der Waals surface area contributed by atoms with Crippen LogP contribution in [0.1, 0.15) is 12.5 Å². The monoisotopic (exact) mass is 374 g/mol. The van der Waals surface area contributed by atoms with Crippen LogP contribution in [0.3, 0.4) is 0 Å². The van der Waals surface area contributed by atoms with Crippen LogP contribution in [0.4, 0.5) is 0 Å². The Balaban J connectivity index is 2.01. The molecule has 3 aromatic rings. The molecule has 0 bridgehead atoms. The number of carboxylic acid groups (broad SMARTS) is 1. The van der Waals surface area contributed by atoms with Crippen LogP contribution in [0.15, 0.2) is 48.5 Å². The molecule has 2 aromatic carbocycles.